The minimum absolute atomic E-state index is 0.0278. The Hall–Kier alpha value is -2.86. The van der Waals surface area contributed by atoms with Crippen LogP contribution in [0.1, 0.15) is 54.9 Å². The number of nitrogens with one attached hydrogen (secondary N) is 1. The van der Waals surface area contributed by atoms with E-state index in [0.29, 0.717) is 18.9 Å². The molecule has 1 saturated heterocycles. The molecule has 5 nitrogen and oxygen atoms in total. The molecule has 2 heterocycles. The Morgan fingerprint density at radius 3 is 2.67 bits per heavy atom. The van der Waals surface area contributed by atoms with Crippen LogP contribution in [0.2, 0.25) is 0 Å². The molecule has 0 unspecified atom stereocenters. The summed E-state index contributed by atoms with van der Waals surface area (Å²) >= 11 is 0. The van der Waals surface area contributed by atoms with Crippen molar-refractivity contribution in [2.24, 2.45) is 0 Å². The molecule has 1 amide bonds. The van der Waals surface area contributed by atoms with E-state index in [9.17, 15) is 9.18 Å². The average molecular weight is 453 g/mol. The van der Waals surface area contributed by atoms with Gasteiger partial charge < -0.3 is 14.5 Å². The number of aryl methyl sites for hydroxylation is 1. The fourth-order valence-electron chi connectivity index (χ4n) is 4.76. The Morgan fingerprint density at radius 1 is 1.24 bits per heavy atom. The molecule has 176 valence electrons. The number of rotatable bonds is 7. The second-order valence-corrected chi connectivity index (χ2v) is 9.38. The summed E-state index contributed by atoms with van der Waals surface area (Å²) in [5.41, 5.74) is 5.20. The zero-order chi connectivity index (χ0) is 23.5. The first-order valence-electron chi connectivity index (χ1n) is 11.7. The molecule has 0 aliphatic carbocycles. The van der Waals surface area contributed by atoms with Crippen LogP contribution < -0.4 is 10.1 Å². The van der Waals surface area contributed by atoms with Gasteiger partial charge in [0.2, 0.25) is 5.91 Å². The molecule has 3 aromatic rings. The van der Waals surface area contributed by atoms with Crippen LogP contribution in [0.15, 0.2) is 41.0 Å². The van der Waals surface area contributed by atoms with Gasteiger partial charge in [-0.1, -0.05) is 19.9 Å². The van der Waals surface area contributed by atoms with Crippen molar-refractivity contribution in [3.8, 4) is 5.75 Å². The van der Waals surface area contributed by atoms with E-state index >= 15 is 0 Å². The third-order valence-electron chi connectivity index (χ3n) is 6.59. The number of fused-ring (bicyclic) bond motifs is 1. The van der Waals surface area contributed by atoms with Crippen LogP contribution in [0.4, 0.5) is 4.39 Å². The number of carbonyl (C=O) groups excluding carboxylic acids is 1. The first kappa shape index (κ1) is 23.3. The molecule has 0 bridgehead atoms. The maximum Gasteiger partial charge on any atom is 0.224 e. The molecule has 0 saturated carbocycles. The third kappa shape index (κ3) is 5.38. The van der Waals surface area contributed by atoms with Gasteiger partial charge in [0.05, 0.1) is 19.8 Å². The van der Waals surface area contributed by atoms with E-state index in [2.05, 4.69) is 43.1 Å². The fraction of sp³-hybridized carbons (Fsp3) is 0.444. The van der Waals surface area contributed by atoms with Gasteiger partial charge in [0, 0.05) is 36.6 Å². The highest BCUT2D eigenvalue weighted by molar-refractivity contribution is 5.88. The van der Waals surface area contributed by atoms with Crippen molar-refractivity contribution in [2.45, 2.75) is 58.5 Å². The predicted molar refractivity (Wildman–Crippen MR) is 128 cm³/mol. The van der Waals surface area contributed by atoms with Crippen LogP contribution in [-0.2, 0) is 17.8 Å². The smallest absolute Gasteiger partial charge is 0.224 e. The Labute approximate surface area is 194 Å². The van der Waals surface area contributed by atoms with Crippen LogP contribution >= 0.6 is 0 Å². The summed E-state index contributed by atoms with van der Waals surface area (Å²) < 4.78 is 24.7. The maximum atomic E-state index is 13.9. The van der Waals surface area contributed by atoms with E-state index < -0.39 is 0 Å². The predicted octanol–water partition coefficient (Wildman–Crippen LogP) is 5.34. The molecule has 33 heavy (non-hydrogen) atoms. The summed E-state index contributed by atoms with van der Waals surface area (Å²) in [5, 5.41) is 4.22. The van der Waals surface area contributed by atoms with Crippen molar-refractivity contribution in [3.63, 3.8) is 0 Å². The summed E-state index contributed by atoms with van der Waals surface area (Å²) in [6, 6.07) is 9.50. The van der Waals surface area contributed by atoms with Crippen LogP contribution in [0.25, 0.3) is 11.0 Å². The number of methoxy groups -OCH3 is 1. The molecule has 0 spiro atoms. The van der Waals surface area contributed by atoms with Gasteiger partial charge in [0.1, 0.15) is 5.58 Å². The molecule has 1 aliphatic rings. The second kappa shape index (κ2) is 9.96. The molecule has 1 aliphatic heterocycles. The molecule has 1 aromatic heterocycles. The zero-order valence-electron chi connectivity index (χ0n) is 19.9. The summed E-state index contributed by atoms with van der Waals surface area (Å²) in [6.07, 6.45) is 3.80. The minimum Gasteiger partial charge on any atom is -0.494 e. The molecule has 6 heteroatoms. The fourth-order valence-corrected chi connectivity index (χ4v) is 4.76. The van der Waals surface area contributed by atoms with E-state index in [4.69, 9.17) is 9.15 Å². The lowest BCUT2D eigenvalue weighted by atomic mass is 9.95. The van der Waals surface area contributed by atoms with Crippen molar-refractivity contribution in [3.05, 3.63) is 64.7 Å². The van der Waals surface area contributed by atoms with Crippen molar-refractivity contribution in [2.75, 3.05) is 20.2 Å². The van der Waals surface area contributed by atoms with E-state index in [1.165, 1.54) is 24.3 Å². The largest absolute Gasteiger partial charge is 0.494 e. The van der Waals surface area contributed by atoms with Gasteiger partial charge in [0.15, 0.2) is 11.6 Å². The van der Waals surface area contributed by atoms with Crippen molar-refractivity contribution in [1.29, 1.82) is 0 Å². The summed E-state index contributed by atoms with van der Waals surface area (Å²) in [6.45, 7) is 8.88. The third-order valence-corrected chi connectivity index (χ3v) is 6.59. The number of ether oxygens (including phenoxy) is 1. The number of nitrogens with zero attached hydrogens (tertiary/aromatic N) is 1. The van der Waals surface area contributed by atoms with Crippen molar-refractivity contribution in [1.82, 2.24) is 10.2 Å². The van der Waals surface area contributed by atoms with Crippen LogP contribution in [0.5, 0.6) is 5.75 Å². The van der Waals surface area contributed by atoms with Crippen molar-refractivity contribution >= 4 is 16.9 Å². The van der Waals surface area contributed by atoms with Gasteiger partial charge in [-0.05, 0) is 66.6 Å². The first-order valence-corrected chi connectivity index (χ1v) is 11.7. The van der Waals surface area contributed by atoms with Gasteiger partial charge in [-0.15, -0.1) is 0 Å². The molecule has 2 aromatic carbocycles. The molecule has 1 N–H and O–H groups in total. The summed E-state index contributed by atoms with van der Waals surface area (Å²) in [5.74, 6) is 0.381. The lowest BCUT2D eigenvalue weighted by Gasteiger charge is -2.32. The summed E-state index contributed by atoms with van der Waals surface area (Å²) in [4.78, 5) is 15.1. The topological polar surface area (TPSA) is 54.7 Å². The van der Waals surface area contributed by atoms with Crippen molar-refractivity contribution < 1.29 is 18.3 Å². The number of hydrogen-bond acceptors (Lipinski definition) is 4. The van der Waals surface area contributed by atoms with Gasteiger partial charge in [-0.2, -0.15) is 0 Å². The number of hydrogen-bond donors (Lipinski definition) is 1. The Kier molecular flexibility index (Phi) is 7.03. The number of halogens is 1. The van der Waals surface area contributed by atoms with Gasteiger partial charge in [-0.25, -0.2) is 4.39 Å². The van der Waals surface area contributed by atoms with Gasteiger partial charge in [0.25, 0.3) is 0 Å². The van der Waals surface area contributed by atoms with Crippen LogP contribution in [0, 0.1) is 12.7 Å². The second-order valence-electron chi connectivity index (χ2n) is 9.38. The van der Waals surface area contributed by atoms with E-state index in [1.807, 2.05) is 6.07 Å². The lowest BCUT2D eigenvalue weighted by molar-refractivity contribution is -0.121. The van der Waals surface area contributed by atoms with Gasteiger partial charge >= 0.3 is 0 Å². The lowest BCUT2D eigenvalue weighted by Crippen LogP contribution is -2.44. The van der Waals surface area contributed by atoms with Gasteiger partial charge in [-0.3, -0.25) is 9.69 Å². The number of piperidine rings is 1. The number of furan rings is 1. The highest BCUT2D eigenvalue weighted by Crippen LogP contribution is 2.29. The van der Waals surface area contributed by atoms with E-state index in [0.717, 1.165) is 48.0 Å². The Balaban J connectivity index is 1.31. The van der Waals surface area contributed by atoms with E-state index in [-0.39, 0.29) is 23.5 Å². The summed E-state index contributed by atoms with van der Waals surface area (Å²) in [7, 11) is 1.47. The van der Waals surface area contributed by atoms with Crippen LogP contribution in [-0.4, -0.2) is 37.0 Å². The number of amides is 1. The molecular weight excluding hydrogens is 419 g/mol. The Bertz CT molecular complexity index is 1130. The molecular formula is C27H33FN2O3. The number of carbonyl (C=O) groups is 1. The average Bonchev–Trinajstić information content (AvgIpc) is 3.15. The number of likely N-dealkylation sites (tertiary alicyclic amines) is 1. The SMILES string of the molecule is COc1ccc(CN2CCC(NC(=O)Cc3coc4cc(C)c(C(C)C)cc34)CC2)cc1F. The highest BCUT2D eigenvalue weighted by Gasteiger charge is 2.22. The normalized spacial score (nSPS) is 15.3. The molecule has 0 radical (unpaired) electrons. The van der Waals surface area contributed by atoms with Crippen LogP contribution in [0.3, 0.4) is 0 Å². The molecule has 0 atom stereocenters. The highest BCUT2D eigenvalue weighted by atomic mass is 19.1. The quantitative estimate of drug-likeness (QED) is 0.526. The standard InChI is InChI=1S/C27H33FN2O3/c1-17(2)22-14-23-20(16-33-26(23)11-18(22)3)13-27(31)29-21-7-9-30(10-8-21)15-19-5-6-25(32-4)24(28)12-19/h5-6,11-12,14,16-17,21H,7-10,13,15H2,1-4H3,(H,29,31). The first-order chi connectivity index (χ1) is 15.8. The maximum absolute atomic E-state index is 13.9. The molecule has 1 fully saturated rings. The Morgan fingerprint density at radius 2 is 2.00 bits per heavy atom. The molecule has 4 rings (SSSR count). The van der Waals surface area contributed by atoms with E-state index in [1.54, 1.807) is 12.3 Å². The number of benzene rings is 2. The zero-order valence-corrected chi connectivity index (χ0v) is 19.9. The minimum atomic E-state index is -0.334. The monoisotopic (exact) mass is 452 g/mol.